The Bertz CT molecular complexity index is 427. The Hall–Kier alpha value is -1.78. The first-order valence-corrected chi connectivity index (χ1v) is 6.90. The number of carbonyl (C=O) groups excluding carboxylic acids is 1. The maximum atomic E-state index is 11.0. The Balaban J connectivity index is 1.93. The monoisotopic (exact) mass is 262 g/mol. The van der Waals surface area contributed by atoms with E-state index in [2.05, 4.69) is 33.5 Å². The molecule has 5 heteroatoms. The van der Waals surface area contributed by atoms with Crippen molar-refractivity contribution < 1.29 is 4.79 Å². The van der Waals surface area contributed by atoms with Gasteiger partial charge in [0, 0.05) is 32.6 Å². The molecule has 104 valence electrons. The van der Waals surface area contributed by atoms with E-state index in [-0.39, 0.29) is 5.91 Å². The molecule has 5 nitrogen and oxygen atoms in total. The third-order valence-corrected chi connectivity index (χ3v) is 3.37. The van der Waals surface area contributed by atoms with Crippen molar-refractivity contribution in [2.24, 2.45) is 0 Å². The Kier molecular flexibility index (Phi) is 4.60. The van der Waals surface area contributed by atoms with Gasteiger partial charge in [-0.25, -0.2) is 0 Å². The van der Waals surface area contributed by atoms with Gasteiger partial charge in [0.1, 0.15) is 0 Å². The molecule has 1 aliphatic heterocycles. The van der Waals surface area contributed by atoms with E-state index in [0.717, 1.165) is 43.9 Å². The number of amides is 1. The molecule has 1 aliphatic rings. The molecule has 1 amide bonds. The van der Waals surface area contributed by atoms with Crippen molar-refractivity contribution in [2.75, 3.05) is 29.9 Å². The minimum atomic E-state index is 0.0641. The van der Waals surface area contributed by atoms with Crippen LogP contribution in [0, 0.1) is 0 Å². The van der Waals surface area contributed by atoms with Gasteiger partial charge in [0.2, 0.25) is 5.91 Å². The molecular weight excluding hydrogens is 240 g/mol. The van der Waals surface area contributed by atoms with Crippen LogP contribution in [0.25, 0.3) is 0 Å². The van der Waals surface area contributed by atoms with Crippen LogP contribution in [0.1, 0.15) is 26.7 Å². The number of aromatic nitrogens is 1. The molecule has 2 rings (SSSR count). The van der Waals surface area contributed by atoms with E-state index >= 15 is 0 Å². The van der Waals surface area contributed by atoms with Crippen LogP contribution in [0.3, 0.4) is 0 Å². The molecular formula is C14H22N4O. The summed E-state index contributed by atoms with van der Waals surface area (Å²) in [7, 11) is 0. The lowest BCUT2D eigenvalue weighted by molar-refractivity contribution is -0.119. The normalized spacial score (nSPS) is 16.2. The second-order valence-electron chi connectivity index (χ2n) is 4.92. The molecule has 0 bridgehead atoms. The van der Waals surface area contributed by atoms with Crippen LogP contribution >= 0.6 is 0 Å². The average molecular weight is 262 g/mol. The maximum absolute atomic E-state index is 11.0. The van der Waals surface area contributed by atoms with Crippen molar-refractivity contribution in [1.29, 1.82) is 0 Å². The molecule has 2 heterocycles. The molecule has 0 saturated carbocycles. The number of hydrogen-bond acceptors (Lipinski definition) is 4. The first kappa shape index (κ1) is 13.6. The van der Waals surface area contributed by atoms with Crippen LogP contribution in [0.4, 0.5) is 11.4 Å². The summed E-state index contributed by atoms with van der Waals surface area (Å²) in [5.74, 6) is 0.0641. The fraction of sp³-hybridized carbons (Fsp3) is 0.571. The summed E-state index contributed by atoms with van der Waals surface area (Å²) in [6, 6.07) is 2.45. The summed E-state index contributed by atoms with van der Waals surface area (Å²) in [5.41, 5.74) is 2.21. The third-order valence-electron chi connectivity index (χ3n) is 3.37. The highest BCUT2D eigenvalue weighted by Crippen LogP contribution is 2.21. The van der Waals surface area contributed by atoms with E-state index in [4.69, 9.17) is 0 Å². The van der Waals surface area contributed by atoms with E-state index in [1.165, 1.54) is 0 Å². The molecule has 0 aliphatic carbocycles. The molecule has 0 unspecified atom stereocenters. The Morgan fingerprint density at radius 2 is 2.16 bits per heavy atom. The largest absolute Gasteiger partial charge is 0.384 e. The summed E-state index contributed by atoms with van der Waals surface area (Å²) in [6.07, 6.45) is 5.73. The number of nitrogens with one attached hydrogen (secondary N) is 2. The highest BCUT2D eigenvalue weighted by molar-refractivity contribution is 5.73. The van der Waals surface area contributed by atoms with Crippen LogP contribution in [0.15, 0.2) is 18.5 Å². The smallest absolute Gasteiger partial charge is 0.217 e. The average Bonchev–Trinajstić information content (AvgIpc) is 2.40. The highest BCUT2D eigenvalue weighted by atomic mass is 16.1. The standard InChI is InChI=1S/C14H22N4O/c1-3-16-13-8-14(10-15-9-13)18-6-4-12(5-7-18)17-11(2)19/h8-10,12,16H,3-7H2,1-2H3,(H,17,19). The molecule has 1 aromatic rings. The van der Waals surface area contributed by atoms with Crippen molar-refractivity contribution in [2.45, 2.75) is 32.7 Å². The minimum Gasteiger partial charge on any atom is -0.384 e. The number of piperidine rings is 1. The molecule has 0 aromatic carbocycles. The van der Waals surface area contributed by atoms with Gasteiger partial charge in [-0.1, -0.05) is 0 Å². The summed E-state index contributed by atoms with van der Waals surface area (Å²) >= 11 is 0. The van der Waals surface area contributed by atoms with Gasteiger partial charge in [-0.2, -0.15) is 0 Å². The first-order valence-electron chi connectivity index (χ1n) is 6.90. The van der Waals surface area contributed by atoms with E-state index < -0.39 is 0 Å². The predicted molar refractivity (Wildman–Crippen MR) is 77.5 cm³/mol. The first-order chi connectivity index (χ1) is 9.19. The Morgan fingerprint density at radius 3 is 2.79 bits per heavy atom. The third kappa shape index (κ3) is 3.84. The lowest BCUT2D eigenvalue weighted by Crippen LogP contribution is -2.44. The van der Waals surface area contributed by atoms with Gasteiger partial charge in [-0.05, 0) is 25.8 Å². The lowest BCUT2D eigenvalue weighted by Gasteiger charge is -2.33. The van der Waals surface area contributed by atoms with Crippen LogP contribution in [0.5, 0.6) is 0 Å². The summed E-state index contributed by atoms with van der Waals surface area (Å²) in [5, 5.41) is 6.27. The molecule has 1 aromatic heterocycles. The van der Waals surface area contributed by atoms with Gasteiger partial charge in [0.05, 0.1) is 23.8 Å². The SMILES string of the molecule is CCNc1cncc(N2CCC(NC(C)=O)CC2)c1. The fourth-order valence-electron chi connectivity index (χ4n) is 2.47. The summed E-state index contributed by atoms with van der Waals surface area (Å²) in [4.78, 5) is 17.6. The fourth-order valence-corrected chi connectivity index (χ4v) is 2.47. The predicted octanol–water partition coefficient (Wildman–Crippen LogP) is 1.62. The summed E-state index contributed by atoms with van der Waals surface area (Å²) < 4.78 is 0. The van der Waals surface area contributed by atoms with Gasteiger partial charge in [-0.3, -0.25) is 9.78 Å². The van der Waals surface area contributed by atoms with E-state index in [0.29, 0.717) is 6.04 Å². The van der Waals surface area contributed by atoms with Crippen molar-refractivity contribution in [1.82, 2.24) is 10.3 Å². The zero-order valence-corrected chi connectivity index (χ0v) is 11.6. The molecule has 1 saturated heterocycles. The Labute approximate surface area is 114 Å². The van der Waals surface area contributed by atoms with Gasteiger partial charge < -0.3 is 15.5 Å². The van der Waals surface area contributed by atoms with Gasteiger partial charge in [-0.15, -0.1) is 0 Å². The van der Waals surface area contributed by atoms with Gasteiger partial charge in [0.15, 0.2) is 0 Å². The highest BCUT2D eigenvalue weighted by Gasteiger charge is 2.20. The maximum Gasteiger partial charge on any atom is 0.217 e. The number of hydrogen-bond donors (Lipinski definition) is 2. The molecule has 19 heavy (non-hydrogen) atoms. The second-order valence-corrected chi connectivity index (χ2v) is 4.92. The van der Waals surface area contributed by atoms with Gasteiger partial charge >= 0.3 is 0 Å². The molecule has 0 radical (unpaired) electrons. The van der Waals surface area contributed by atoms with E-state index in [9.17, 15) is 4.79 Å². The van der Waals surface area contributed by atoms with Crippen molar-refractivity contribution in [3.63, 3.8) is 0 Å². The minimum absolute atomic E-state index is 0.0641. The van der Waals surface area contributed by atoms with Crippen LogP contribution in [-0.4, -0.2) is 36.6 Å². The van der Waals surface area contributed by atoms with Crippen LogP contribution in [0.2, 0.25) is 0 Å². The van der Waals surface area contributed by atoms with Crippen molar-refractivity contribution in [3.05, 3.63) is 18.5 Å². The van der Waals surface area contributed by atoms with Crippen molar-refractivity contribution >= 4 is 17.3 Å². The second kappa shape index (κ2) is 6.41. The quantitative estimate of drug-likeness (QED) is 0.865. The van der Waals surface area contributed by atoms with E-state index in [1.807, 2.05) is 12.4 Å². The number of rotatable bonds is 4. The number of pyridine rings is 1. The molecule has 1 fully saturated rings. The van der Waals surface area contributed by atoms with E-state index in [1.54, 1.807) is 6.92 Å². The summed E-state index contributed by atoms with van der Waals surface area (Å²) in [6.45, 7) is 6.47. The molecule has 2 N–H and O–H groups in total. The zero-order valence-electron chi connectivity index (χ0n) is 11.6. The lowest BCUT2D eigenvalue weighted by atomic mass is 10.0. The number of carbonyl (C=O) groups is 1. The topological polar surface area (TPSA) is 57.3 Å². The number of anilines is 2. The molecule has 0 atom stereocenters. The molecule has 0 spiro atoms. The Morgan fingerprint density at radius 1 is 1.42 bits per heavy atom. The van der Waals surface area contributed by atoms with Crippen LogP contribution in [-0.2, 0) is 4.79 Å². The number of nitrogens with zero attached hydrogens (tertiary/aromatic N) is 2. The van der Waals surface area contributed by atoms with Crippen LogP contribution < -0.4 is 15.5 Å². The van der Waals surface area contributed by atoms with Crippen molar-refractivity contribution in [3.8, 4) is 0 Å². The van der Waals surface area contributed by atoms with Gasteiger partial charge in [0.25, 0.3) is 0 Å². The zero-order chi connectivity index (χ0) is 13.7.